The molecule has 11 heteroatoms. The van der Waals surface area contributed by atoms with E-state index in [0.29, 0.717) is 23.5 Å². The van der Waals surface area contributed by atoms with Crippen molar-refractivity contribution in [1.82, 2.24) is 5.32 Å². The summed E-state index contributed by atoms with van der Waals surface area (Å²) < 4.78 is 5.65. The number of carboxylic acids is 1. The van der Waals surface area contributed by atoms with Crippen molar-refractivity contribution in [2.75, 3.05) is 11.5 Å². The van der Waals surface area contributed by atoms with E-state index in [4.69, 9.17) is 4.74 Å². The molecule has 0 aromatic heterocycles. The van der Waals surface area contributed by atoms with Crippen molar-refractivity contribution in [1.29, 1.82) is 0 Å². The van der Waals surface area contributed by atoms with Crippen molar-refractivity contribution in [2.45, 2.75) is 31.3 Å². The number of anilines is 1. The molecule has 0 bridgehead atoms. The summed E-state index contributed by atoms with van der Waals surface area (Å²) in [6, 6.07) is 17.2. The van der Waals surface area contributed by atoms with E-state index < -0.39 is 46.1 Å². The Bertz CT molecular complexity index is 1470. The topological polar surface area (TPSA) is 159 Å². The first kappa shape index (κ1) is 26.8. The van der Waals surface area contributed by atoms with Gasteiger partial charge in [-0.05, 0) is 47.9 Å². The van der Waals surface area contributed by atoms with Crippen LogP contribution < -0.4 is 15.0 Å². The van der Waals surface area contributed by atoms with E-state index in [1.54, 1.807) is 36.4 Å². The van der Waals surface area contributed by atoms with Crippen LogP contribution in [0.25, 0.3) is 0 Å². The number of ether oxygens (including phenoxy) is 1. The Balaban J connectivity index is 1.61. The SMILES string of the molecule is CCCOc1ccc(C2NC(Cc3ccc(O)cc3)(C(=O)O)C3C(=O)N(c4cccc([N+](=O)[O-])c4)C(=O)C23)cc1. The molecule has 40 heavy (non-hydrogen) atoms. The Morgan fingerprint density at radius 2 is 1.77 bits per heavy atom. The minimum atomic E-state index is -1.88. The molecule has 0 spiro atoms. The van der Waals surface area contributed by atoms with E-state index in [1.165, 1.54) is 30.3 Å². The molecule has 4 atom stereocenters. The van der Waals surface area contributed by atoms with E-state index in [-0.39, 0.29) is 23.5 Å². The van der Waals surface area contributed by atoms with Crippen LogP contribution >= 0.6 is 0 Å². The number of phenolic OH excluding ortho intramolecular Hbond substituents is 1. The first-order valence-electron chi connectivity index (χ1n) is 12.8. The Kier molecular flexibility index (Phi) is 6.99. The fraction of sp³-hybridized carbons (Fsp3) is 0.276. The maximum absolute atomic E-state index is 14.0. The second kappa shape index (κ2) is 10.4. The second-order valence-electron chi connectivity index (χ2n) is 9.95. The maximum atomic E-state index is 14.0. The third kappa shape index (κ3) is 4.54. The number of nitro benzene ring substituents is 1. The van der Waals surface area contributed by atoms with Gasteiger partial charge in [0.05, 0.1) is 29.1 Å². The molecule has 0 saturated carbocycles. The number of nitrogens with one attached hydrogen (secondary N) is 1. The van der Waals surface area contributed by atoms with Crippen molar-refractivity contribution in [3.05, 3.63) is 94.0 Å². The van der Waals surface area contributed by atoms with Gasteiger partial charge in [-0.2, -0.15) is 0 Å². The summed E-state index contributed by atoms with van der Waals surface area (Å²) in [5, 5.41) is 34.8. The number of amides is 2. The lowest BCUT2D eigenvalue weighted by molar-refractivity contribution is -0.384. The van der Waals surface area contributed by atoms with Crippen molar-refractivity contribution in [3.63, 3.8) is 0 Å². The molecule has 0 aliphatic carbocycles. The Morgan fingerprint density at radius 3 is 2.40 bits per heavy atom. The summed E-state index contributed by atoms with van der Waals surface area (Å²) in [5.41, 5.74) is -1.06. The van der Waals surface area contributed by atoms with Gasteiger partial charge in [0.1, 0.15) is 17.0 Å². The number of carboxylic acid groups (broad SMARTS) is 1. The number of rotatable bonds is 9. The number of carbonyl (C=O) groups is 3. The molecular formula is C29H27N3O8. The first-order valence-corrected chi connectivity index (χ1v) is 12.8. The van der Waals surface area contributed by atoms with Crippen molar-refractivity contribution in [3.8, 4) is 11.5 Å². The van der Waals surface area contributed by atoms with Gasteiger partial charge in [-0.3, -0.25) is 29.8 Å². The van der Waals surface area contributed by atoms with Gasteiger partial charge in [-0.1, -0.05) is 37.3 Å². The van der Waals surface area contributed by atoms with Crippen LogP contribution in [-0.4, -0.2) is 45.1 Å². The average Bonchev–Trinajstić information content (AvgIpc) is 3.42. The highest BCUT2D eigenvalue weighted by Gasteiger charge is 2.68. The maximum Gasteiger partial charge on any atom is 0.325 e. The predicted molar refractivity (Wildman–Crippen MR) is 143 cm³/mol. The zero-order valence-corrected chi connectivity index (χ0v) is 21.5. The molecule has 3 aromatic carbocycles. The predicted octanol–water partition coefficient (Wildman–Crippen LogP) is 3.61. The molecule has 0 radical (unpaired) electrons. The van der Waals surface area contributed by atoms with Gasteiger partial charge in [0.25, 0.3) is 5.69 Å². The smallest absolute Gasteiger partial charge is 0.325 e. The van der Waals surface area contributed by atoms with Crippen molar-refractivity contribution >= 4 is 29.2 Å². The molecule has 2 aliphatic heterocycles. The molecular weight excluding hydrogens is 518 g/mol. The lowest BCUT2D eigenvalue weighted by Gasteiger charge is -2.31. The number of nitrogens with zero attached hydrogens (tertiary/aromatic N) is 2. The summed E-state index contributed by atoms with van der Waals surface area (Å²) in [4.78, 5) is 52.5. The summed E-state index contributed by atoms with van der Waals surface area (Å²) in [7, 11) is 0. The number of hydrogen-bond donors (Lipinski definition) is 3. The van der Waals surface area contributed by atoms with E-state index in [1.807, 2.05) is 6.92 Å². The number of non-ortho nitro benzene ring substituents is 1. The Morgan fingerprint density at radius 1 is 1.07 bits per heavy atom. The number of aromatic hydroxyl groups is 1. The molecule has 4 unspecified atom stereocenters. The molecule has 2 aliphatic rings. The summed E-state index contributed by atoms with van der Waals surface area (Å²) >= 11 is 0. The van der Waals surface area contributed by atoms with E-state index in [9.17, 15) is 34.7 Å². The minimum Gasteiger partial charge on any atom is -0.508 e. The number of phenols is 1. The largest absolute Gasteiger partial charge is 0.508 e. The Labute approximate surface area is 229 Å². The normalized spacial score (nSPS) is 23.7. The van der Waals surface area contributed by atoms with Crippen LogP contribution in [0.3, 0.4) is 0 Å². The highest BCUT2D eigenvalue weighted by molar-refractivity contribution is 6.24. The quantitative estimate of drug-likeness (QED) is 0.207. The minimum absolute atomic E-state index is 0.00221. The van der Waals surface area contributed by atoms with Crippen LogP contribution in [0.5, 0.6) is 11.5 Å². The van der Waals surface area contributed by atoms with Crippen molar-refractivity contribution < 1.29 is 34.3 Å². The molecule has 11 nitrogen and oxygen atoms in total. The zero-order chi connectivity index (χ0) is 28.6. The van der Waals surface area contributed by atoms with E-state index in [0.717, 1.165) is 17.4 Å². The lowest BCUT2D eigenvalue weighted by atomic mass is 9.76. The number of hydrogen-bond acceptors (Lipinski definition) is 8. The molecule has 3 N–H and O–H groups in total. The monoisotopic (exact) mass is 545 g/mol. The molecule has 2 saturated heterocycles. The van der Waals surface area contributed by atoms with Gasteiger partial charge >= 0.3 is 5.97 Å². The number of nitro groups is 1. The molecule has 206 valence electrons. The summed E-state index contributed by atoms with van der Waals surface area (Å²) in [6.45, 7) is 2.50. The van der Waals surface area contributed by atoms with Crippen molar-refractivity contribution in [2.24, 2.45) is 11.8 Å². The number of carbonyl (C=O) groups excluding carboxylic acids is 2. The van der Waals surface area contributed by atoms with Crippen LogP contribution in [0.15, 0.2) is 72.8 Å². The summed E-state index contributed by atoms with van der Waals surface area (Å²) in [5.74, 6) is -4.52. The van der Waals surface area contributed by atoms with Gasteiger partial charge in [0.15, 0.2) is 0 Å². The average molecular weight is 546 g/mol. The summed E-state index contributed by atoms with van der Waals surface area (Å²) in [6.07, 6.45) is 0.665. The van der Waals surface area contributed by atoms with Gasteiger partial charge in [0, 0.05) is 24.6 Å². The highest BCUT2D eigenvalue weighted by atomic mass is 16.6. The van der Waals surface area contributed by atoms with Crippen LogP contribution in [0, 0.1) is 22.0 Å². The molecule has 2 fully saturated rings. The van der Waals surface area contributed by atoms with Gasteiger partial charge in [-0.25, -0.2) is 4.90 Å². The molecule has 3 aromatic rings. The number of benzene rings is 3. The Hall–Kier alpha value is -4.77. The fourth-order valence-corrected chi connectivity index (χ4v) is 5.65. The second-order valence-corrected chi connectivity index (χ2v) is 9.95. The number of aliphatic carboxylic acids is 1. The molecule has 5 rings (SSSR count). The van der Waals surface area contributed by atoms with Gasteiger partial charge in [0.2, 0.25) is 11.8 Å². The van der Waals surface area contributed by atoms with Crippen LogP contribution in [-0.2, 0) is 20.8 Å². The fourth-order valence-electron chi connectivity index (χ4n) is 5.65. The highest BCUT2D eigenvalue weighted by Crippen LogP contribution is 2.51. The molecule has 2 amide bonds. The standard InChI is InChI=1S/C29H27N3O8/c1-2-14-40-22-12-8-18(9-13-22)25-23-24(29(30-25,28(36)37)16-17-6-10-21(33)11-7-17)27(35)31(26(23)34)19-4-3-5-20(15-19)32(38)39/h3-13,15,23-25,30,33H,2,14,16H2,1H3,(H,36,37). The van der Waals surface area contributed by atoms with Gasteiger partial charge < -0.3 is 14.9 Å². The van der Waals surface area contributed by atoms with Crippen LogP contribution in [0.2, 0.25) is 0 Å². The zero-order valence-electron chi connectivity index (χ0n) is 21.5. The van der Waals surface area contributed by atoms with Gasteiger partial charge in [-0.15, -0.1) is 0 Å². The van der Waals surface area contributed by atoms with Crippen LogP contribution in [0.1, 0.15) is 30.5 Å². The third-order valence-corrected chi connectivity index (χ3v) is 7.47. The van der Waals surface area contributed by atoms with E-state index >= 15 is 0 Å². The van der Waals surface area contributed by atoms with E-state index in [2.05, 4.69) is 5.32 Å². The number of fused-ring (bicyclic) bond motifs is 1. The first-order chi connectivity index (χ1) is 19.2. The molecule has 2 heterocycles. The third-order valence-electron chi connectivity index (χ3n) is 7.47. The van der Waals surface area contributed by atoms with Crippen LogP contribution in [0.4, 0.5) is 11.4 Å². The lowest BCUT2D eigenvalue weighted by Crippen LogP contribution is -2.57. The number of imide groups is 1.